The maximum absolute atomic E-state index is 12.2. The number of carbonyl (C=O) groups excluding carboxylic acids is 1. The number of carbonyl (C=O) groups is 1. The van der Waals surface area contributed by atoms with Gasteiger partial charge in [-0.3, -0.25) is 4.79 Å². The SMILES string of the molecule is O=C(c1ccc(Br)c(Cl)c1)N1CCC(=NO)CC1. The molecule has 1 N–H and O–H groups in total. The van der Waals surface area contributed by atoms with Crippen molar-refractivity contribution in [1.82, 2.24) is 4.90 Å². The highest BCUT2D eigenvalue weighted by atomic mass is 79.9. The summed E-state index contributed by atoms with van der Waals surface area (Å²) in [5.74, 6) is -0.0404. The van der Waals surface area contributed by atoms with Crippen molar-refractivity contribution in [3.63, 3.8) is 0 Å². The smallest absolute Gasteiger partial charge is 0.253 e. The van der Waals surface area contributed by atoms with Crippen molar-refractivity contribution in [2.75, 3.05) is 13.1 Å². The van der Waals surface area contributed by atoms with Crippen LogP contribution in [0, 0.1) is 0 Å². The summed E-state index contributed by atoms with van der Waals surface area (Å²) in [4.78, 5) is 14.0. The summed E-state index contributed by atoms with van der Waals surface area (Å²) < 4.78 is 0.772. The number of hydrogen-bond acceptors (Lipinski definition) is 3. The van der Waals surface area contributed by atoms with E-state index in [1.54, 1.807) is 23.1 Å². The maximum Gasteiger partial charge on any atom is 0.253 e. The number of halogens is 2. The third kappa shape index (κ3) is 2.84. The second-order valence-corrected chi connectivity index (χ2v) is 5.35. The molecule has 0 bridgehead atoms. The van der Waals surface area contributed by atoms with E-state index in [9.17, 15) is 4.79 Å². The zero-order valence-corrected chi connectivity index (χ0v) is 11.9. The fourth-order valence-corrected chi connectivity index (χ4v) is 2.31. The van der Waals surface area contributed by atoms with Crippen LogP contribution in [0.5, 0.6) is 0 Å². The van der Waals surface area contributed by atoms with Gasteiger partial charge in [-0.1, -0.05) is 16.8 Å². The normalized spacial score (nSPS) is 15.7. The Morgan fingerprint density at radius 3 is 2.61 bits per heavy atom. The summed E-state index contributed by atoms with van der Waals surface area (Å²) in [6, 6.07) is 5.16. The van der Waals surface area contributed by atoms with Crippen molar-refractivity contribution >= 4 is 39.1 Å². The molecule has 1 fully saturated rings. The quantitative estimate of drug-likeness (QED) is 0.635. The van der Waals surface area contributed by atoms with Crippen LogP contribution in [0.15, 0.2) is 27.8 Å². The lowest BCUT2D eigenvalue weighted by Gasteiger charge is -2.27. The van der Waals surface area contributed by atoms with Crippen molar-refractivity contribution in [3.8, 4) is 0 Å². The first-order chi connectivity index (χ1) is 8.61. The van der Waals surface area contributed by atoms with Gasteiger partial charge in [-0.25, -0.2) is 0 Å². The Morgan fingerprint density at radius 1 is 1.39 bits per heavy atom. The Kier molecular flexibility index (Phi) is 4.24. The number of piperidine rings is 1. The van der Waals surface area contributed by atoms with Crippen molar-refractivity contribution in [2.45, 2.75) is 12.8 Å². The van der Waals surface area contributed by atoms with Crippen LogP contribution in [-0.2, 0) is 0 Å². The maximum atomic E-state index is 12.2. The zero-order valence-electron chi connectivity index (χ0n) is 9.57. The summed E-state index contributed by atoms with van der Waals surface area (Å²) in [5, 5.41) is 12.4. The van der Waals surface area contributed by atoms with Crippen LogP contribution in [-0.4, -0.2) is 34.8 Å². The van der Waals surface area contributed by atoms with E-state index in [1.807, 2.05) is 0 Å². The summed E-state index contributed by atoms with van der Waals surface area (Å²) in [6.07, 6.45) is 1.24. The lowest BCUT2D eigenvalue weighted by atomic mass is 10.1. The van der Waals surface area contributed by atoms with Gasteiger partial charge in [0, 0.05) is 36.0 Å². The fraction of sp³-hybridized carbons (Fsp3) is 0.333. The molecule has 6 heteroatoms. The molecule has 96 valence electrons. The van der Waals surface area contributed by atoms with Crippen molar-refractivity contribution in [1.29, 1.82) is 0 Å². The third-order valence-corrected chi connectivity index (χ3v) is 4.17. The summed E-state index contributed by atoms with van der Waals surface area (Å²) in [7, 11) is 0. The number of nitrogens with zero attached hydrogens (tertiary/aromatic N) is 2. The average molecular weight is 332 g/mol. The second-order valence-electron chi connectivity index (χ2n) is 4.09. The molecule has 0 atom stereocenters. The Bertz CT molecular complexity index is 495. The van der Waals surface area contributed by atoms with E-state index < -0.39 is 0 Å². The molecule has 1 saturated heterocycles. The molecule has 1 heterocycles. The molecule has 0 saturated carbocycles. The molecule has 1 aliphatic heterocycles. The Labute approximate surface area is 118 Å². The molecule has 18 heavy (non-hydrogen) atoms. The Balaban J connectivity index is 2.10. The highest BCUT2D eigenvalue weighted by molar-refractivity contribution is 9.10. The van der Waals surface area contributed by atoms with Crippen molar-refractivity contribution in [3.05, 3.63) is 33.3 Å². The molecule has 2 rings (SSSR count). The van der Waals surface area contributed by atoms with E-state index in [-0.39, 0.29) is 5.91 Å². The molecule has 1 aromatic rings. The molecule has 0 radical (unpaired) electrons. The molecule has 4 nitrogen and oxygen atoms in total. The van der Waals surface area contributed by atoms with Crippen LogP contribution in [0.4, 0.5) is 0 Å². The van der Waals surface area contributed by atoms with Gasteiger partial charge in [-0.15, -0.1) is 0 Å². The van der Waals surface area contributed by atoms with Crippen LogP contribution in [0.1, 0.15) is 23.2 Å². The third-order valence-electron chi connectivity index (χ3n) is 2.94. The standard InChI is InChI=1S/C12H12BrClN2O2/c13-10-2-1-8(7-11(10)14)12(17)16-5-3-9(15-18)4-6-16/h1-2,7,18H,3-6H2. The van der Waals surface area contributed by atoms with Gasteiger partial charge in [0.15, 0.2) is 0 Å². The second kappa shape index (κ2) is 5.71. The van der Waals surface area contributed by atoms with Gasteiger partial charge < -0.3 is 10.1 Å². The van der Waals surface area contributed by atoms with Crippen LogP contribution < -0.4 is 0 Å². The van der Waals surface area contributed by atoms with E-state index in [1.165, 1.54) is 0 Å². The minimum atomic E-state index is -0.0404. The van der Waals surface area contributed by atoms with E-state index >= 15 is 0 Å². The predicted molar refractivity (Wildman–Crippen MR) is 73.5 cm³/mol. The van der Waals surface area contributed by atoms with Gasteiger partial charge in [0.05, 0.1) is 10.7 Å². The van der Waals surface area contributed by atoms with E-state index in [4.69, 9.17) is 16.8 Å². The topological polar surface area (TPSA) is 52.9 Å². The van der Waals surface area contributed by atoms with Crippen LogP contribution in [0.2, 0.25) is 5.02 Å². The molecule has 0 unspecified atom stereocenters. The van der Waals surface area contributed by atoms with Gasteiger partial charge in [-0.05, 0) is 34.1 Å². The van der Waals surface area contributed by atoms with Gasteiger partial charge in [0.25, 0.3) is 5.91 Å². The number of rotatable bonds is 1. The summed E-state index contributed by atoms with van der Waals surface area (Å²) in [5.41, 5.74) is 1.32. The number of likely N-dealkylation sites (tertiary alicyclic amines) is 1. The van der Waals surface area contributed by atoms with Crippen molar-refractivity contribution < 1.29 is 10.0 Å². The van der Waals surface area contributed by atoms with Crippen LogP contribution >= 0.6 is 27.5 Å². The minimum Gasteiger partial charge on any atom is -0.411 e. The highest BCUT2D eigenvalue weighted by Crippen LogP contribution is 2.24. The molecule has 1 aromatic carbocycles. The first-order valence-electron chi connectivity index (χ1n) is 5.56. The molecular weight excluding hydrogens is 320 g/mol. The molecule has 0 aliphatic carbocycles. The van der Waals surface area contributed by atoms with Crippen molar-refractivity contribution in [2.24, 2.45) is 5.16 Å². The number of amides is 1. The largest absolute Gasteiger partial charge is 0.411 e. The Morgan fingerprint density at radius 2 is 2.06 bits per heavy atom. The van der Waals surface area contributed by atoms with Gasteiger partial charge in [0.1, 0.15) is 0 Å². The zero-order chi connectivity index (χ0) is 13.1. The lowest BCUT2D eigenvalue weighted by Crippen LogP contribution is -2.38. The number of oxime groups is 1. The number of benzene rings is 1. The lowest BCUT2D eigenvalue weighted by molar-refractivity contribution is 0.0753. The molecular formula is C12H12BrClN2O2. The molecule has 1 amide bonds. The first kappa shape index (κ1) is 13.4. The van der Waals surface area contributed by atoms with Gasteiger partial charge >= 0.3 is 0 Å². The van der Waals surface area contributed by atoms with E-state index in [0.29, 0.717) is 36.5 Å². The monoisotopic (exact) mass is 330 g/mol. The summed E-state index contributed by atoms with van der Waals surface area (Å²) >= 11 is 9.26. The molecule has 0 spiro atoms. The highest BCUT2D eigenvalue weighted by Gasteiger charge is 2.21. The first-order valence-corrected chi connectivity index (χ1v) is 6.73. The molecule has 1 aliphatic rings. The number of hydrogen-bond donors (Lipinski definition) is 1. The van der Waals surface area contributed by atoms with Crippen LogP contribution in [0.25, 0.3) is 0 Å². The van der Waals surface area contributed by atoms with Crippen LogP contribution in [0.3, 0.4) is 0 Å². The Hall–Kier alpha value is -1.07. The van der Waals surface area contributed by atoms with Gasteiger partial charge in [0.2, 0.25) is 0 Å². The summed E-state index contributed by atoms with van der Waals surface area (Å²) in [6.45, 7) is 1.15. The van der Waals surface area contributed by atoms with E-state index in [0.717, 1.165) is 10.2 Å². The van der Waals surface area contributed by atoms with E-state index in [2.05, 4.69) is 21.1 Å². The predicted octanol–water partition coefficient (Wildman–Crippen LogP) is 3.17. The average Bonchev–Trinajstić information content (AvgIpc) is 2.41. The fourth-order valence-electron chi connectivity index (χ4n) is 1.88. The molecule has 0 aromatic heterocycles. The van der Waals surface area contributed by atoms with Gasteiger partial charge in [-0.2, -0.15) is 0 Å². The minimum absolute atomic E-state index is 0.0404.